The molecular formula is C26H40N4O4. The van der Waals surface area contributed by atoms with Gasteiger partial charge in [0.25, 0.3) is 5.91 Å². The second kappa shape index (κ2) is 13.1. The minimum atomic E-state index is -0.523. The zero-order valence-electron chi connectivity index (χ0n) is 21.1. The number of rotatable bonds is 10. The zero-order valence-corrected chi connectivity index (χ0v) is 21.1. The van der Waals surface area contributed by atoms with Crippen molar-refractivity contribution in [2.45, 2.75) is 64.5 Å². The van der Waals surface area contributed by atoms with Crippen LogP contribution >= 0.6 is 0 Å². The molecule has 0 spiro atoms. The number of piperidine rings is 1. The number of hydrogen-bond donors (Lipinski definition) is 2. The highest BCUT2D eigenvalue weighted by Crippen LogP contribution is 2.22. The predicted octanol–water partition coefficient (Wildman–Crippen LogP) is 3.51. The summed E-state index contributed by atoms with van der Waals surface area (Å²) in [4.78, 5) is 29.1. The number of hydrogen-bond acceptors (Lipinski definition) is 6. The molecule has 0 saturated carbocycles. The highest BCUT2D eigenvalue weighted by molar-refractivity contribution is 5.95. The van der Waals surface area contributed by atoms with Crippen LogP contribution in [-0.4, -0.2) is 73.3 Å². The van der Waals surface area contributed by atoms with Crippen LogP contribution in [-0.2, 0) is 4.74 Å². The van der Waals surface area contributed by atoms with Gasteiger partial charge in [0.2, 0.25) is 0 Å². The Morgan fingerprint density at radius 2 is 1.94 bits per heavy atom. The van der Waals surface area contributed by atoms with Crippen molar-refractivity contribution in [3.05, 3.63) is 23.8 Å². The number of unbranched alkanes of at least 4 members (excludes halogenated alkanes) is 1. The maximum absolute atomic E-state index is 12.6. The zero-order chi connectivity index (χ0) is 25.1. The first-order valence-corrected chi connectivity index (χ1v) is 12.0. The SMILES string of the molecule is C#CCCN(CCCCN1CCC(NC(=O)c2ccc(N)c(OC)c2)CC1)C(=O)OC(C)(C)C. The first-order valence-electron chi connectivity index (χ1n) is 12.0. The van der Waals surface area contributed by atoms with Gasteiger partial charge in [0.05, 0.1) is 12.8 Å². The van der Waals surface area contributed by atoms with Gasteiger partial charge in [-0.1, -0.05) is 0 Å². The van der Waals surface area contributed by atoms with Crippen LogP contribution in [0.5, 0.6) is 5.75 Å². The van der Waals surface area contributed by atoms with Crippen molar-refractivity contribution in [1.29, 1.82) is 0 Å². The Bertz CT molecular complexity index is 851. The third-order valence-corrected chi connectivity index (χ3v) is 5.75. The van der Waals surface area contributed by atoms with Crippen LogP contribution < -0.4 is 15.8 Å². The number of carbonyl (C=O) groups excluding carboxylic acids is 2. The van der Waals surface area contributed by atoms with Gasteiger partial charge in [0, 0.05) is 44.2 Å². The van der Waals surface area contributed by atoms with Gasteiger partial charge in [0.1, 0.15) is 11.4 Å². The van der Waals surface area contributed by atoms with Gasteiger partial charge in [-0.3, -0.25) is 4.79 Å². The van der Waals surface area contributed by atoms with Crippen LogP contribution in [0.3, 0.4) is 0 Å². The molecule has 1 saturated heterocycles. The van der Waals surface area contributed by atoms with E-state index in [-0.39, 0.29) is 18.0 Å². The Morgan fingerprint density at radius 1 is 1.24 bits per heavy atom. The minimum Gasteiger partial charge on any atom is -0.495 e. The number of nitrogens with two attached hydrogens (primary N) is 1. The summed E-state index contributed by atoms with van der Waals surface area (Å²) in [5.41, 5.74) is 6.37. The Hall–Kier alpha value is -2.92. The van der Waals surface area contributed by atoms with Gasteiger partial charge in [-0.05, 0) is 71.2 Å². The van der Waals surface area contributed by atoms with E-state index in [0.717, 1.165) is 45.3 Å². The monoisotopic (exact) mass is 472 g/mol. The van der Waals surface area contributed by atoms with E-state index in [4.69, 9.17) is 21.6 Å². The summed E-state index contributed by atoms with van der Waals surface area (Å²) in [7, 11) is 1.54. The molecule has 34 heavy (non-hydrogen) atoms. The van der Waals surface area contributed by atoms with Gasteiger partial charge >= 0.3 is 6.09 Å². The van der Waals surface area contributed by atoms with E-state index >= 15 is 0 Å². The number of anilines is 1. The molecule has 1 aromatic carbocycles. The largest absolute Gasteiger partial charge is 0.495 e. The van der Waals surface area contributed by atoms with Crippen LogP contribution in [0.25, 0.3) is 0 Å². The highest BCUT2D eigenvalue weighted by atomic mass is 16.6. The van der Waals surface area contributed by atoms with E-state index in [1.165, 1.54) is 7.11 Å². The fourth-order valence-electron chi connectivity index (χ4n) is 3.88. The van der Waals surface area contributed by atoms with E-state index in [9.17, 15) is 9.59 Å². The molecule has 0 radical (unpaired) electrons. The van der Waals surface area contributed by atoms with Gasteiger partial charge in [-0.15, -0.1) is 12.3 Å². The standard InChI is InChI=1S/C26H40N4O4/c1-6-7-15-30(25(32)34-26(2,3)4)16-9-8-14-29-17-12-21(13-18-29)28-24(31)20-10-11-22(27)23(19-20)33-5/h1,10-11,19,21H,7-9,12-18,27H2,2-5H3,(H,28,31). The van der Waals surface area contributed by atoms with Crippen molar-refractivity contribution < 1.29 is 19.1 Å². The van der Waals surface area contributed by atoms with E-state index < -0.39 is 5.60 Å². The summed E-state index contributed by atoms with van der Waals surface area (Å²) in [5.74, 6) is 3.00. The summed E-state index contributed by atoms with van der Waals surface area (Å²) in [6, 6.07) is 5.22. The maximum atomic E-state index is 12.6. The second-order valence-electron chi connectivity index (χ2n) is 9.67. The van der Waals surface area contributed by atoms with Gasteiger partial charge in [-0.2, -0.15) is 0 Å². The summed E-state index contributed by atoms with van der Waals surface area (Å²) in [5, 5.41) is 3.12. The Morgan fingerprint density at radius 3 is 2.56 bits per heavy atom. The average Bonchev–Trinajstić information content (AvgIpc) is 2.78. The molecule has 0 aliphatic carbocycles. The molecule has 0 aromatic heterocycles. The third kappa shape index (κ3) is 9.14. The van der Waals surface area contributed by atoms with Crippen molar-refractivity contribution in [2.24, 2.45) is 0 Å². The molecule has 1 aliphatic heterocycles. The molecule has 2 rings (SSSR count). The Labute approximate surface area is 204 Å². The lowest BCUT2D eigenvalue weighted by molar-refractivity contribution is 0.0249. The number of likely N-dealkylation sites (tertiary alicyclic amines) is 1. The first-order chi connectivity index (χ1) is 16.1. The van der Waals surface area contributed by atoms with Crippen molar-refractivity contribution in [1.82, 2.24) is 15.1 Å². The van der Waals surface area contributed by atoms with Gasteiger partial charge in [0.15, 0.2) is 0 Å². The highest BCUT2D eigenvalue weighted by Gasteiger charge is 2.23. The summed E-state index contributed by atoms with van der Waals surface area (Å²) < 4.78 is 10.7. The number of ether oxygens (including phenoxy) is 2. The summed E-state index contributed by atoms with van der Waals surface area (Å²) in [6.07, 6.45) is 9.27. The van der Waals surface area contributed by atoms with Crippen LogP contribution in [0, 0.1) is 12.3 Å². The smallest absolute Gasteiger partial charge is 0.410 e. The molecule has 1 aromatic rings. The molecule has 3 N–H and O–H groups in total. The molecule has 1 heterocycles. The van der Waals surface area contributed by atoms with Crippen LogP contribution in [0.4, 0.5) is 10.5 Å². The van der Waals surface area contributed by atoms with E-state index in [1.807, 2.05) is 20.8 Å². The maximum Gasteiger partial charge on any atom is 0.410 e. The molecular weight excluding hydrogens is 432 g/mol. The number of terminal acetylenes is 1. The summed E-state index contributed by atoms with van der Waals surface area (Å²) >= 11 is 0. The van der Waals surface area contributed by atoms with Crippen molar-refractivity contribution in [2.75, 3.05) is 45.6 Å². The van der Waals surface area contributed by atoms with E-state index in [2.05, 4.69) is 16.1 Å². The molecule has 0 atom stereocenters. The van der Waals surface area contributed by atoms with Gasteiger partial charge in [-0.25, -0.2) is 4.79 Å². The number of amides is 2. The normalized spacial score (nSPS) is 14.8. The number of benzene rings is 1. The fraction of sp³-hybridized carbons (Fsp3) is 0.615. The molecule has 188 valence electrons. The van der Waals surface area contributed by atoms with Crippen LogP contribution in [0.2, 0.25) is 0 Å². The van der Waals surface area contributed by atoms with Crippen molar-refractivity contribution in [3.63, 3.8) is 0 Å². The summed E-state index contributed by atoms with van der Waals surface area (Å²) in [6.45, 7) is 9.57. The molecule has 1 aliphatic rings. The minimum absolute atomic E-state index is 0.106. The first kappa shape index (κ1) is 27.3. The second-order valence-corrected chi connectivity index (χ2v) is 9.67. The van der Waals surface area contributed by atoms with Crippen LogP contribution in [0.1, 0.15) is 63.2 Å². The van der Waals surface area contributed by atoms with Crippen molar-refractivity contribution >= 4 is 17.7 Å². The fourth-order valence-corrected chi connectivity index (χ4v) is 3.88. The predicted molar refractivity (Wildman–Crippen MR) is 135 cm³/mol. The Balaban J connectivity index is 1.71. The number of nitrogens with zero attached hydrogens (tertiary/aromatic N) is 2. The van der Waals surface area contributed by atoms with E-state index in [1.54, 1.807) is 23.1 Å². The lowest BCUT2D eigenvalue weighted by atomic mass is 10.0. The molecule has 2 amide bonds. The number of nitrogen functional groups attached to an aromatic ring is 1. The van der Waals surface area contributed by atoms with Gasteiger partial charge < -0.3 is 30.3 Å². The number of carbonyl (C=O) groups is 2. The third-order valence-electron chi connectivity index (χ3n) is 5.75. The number of methoxy groups -OCH3 is 1. The quantitative estimate of drug-likeness (QED) is 0.307. The lowest BCUT2D eigenvalue weighted by Crippen LogP contribution is -2.45. The molecule has 0 bridgehead atoms. The molecule has 0 unspecified atom stereocenters. The molecule has 1 fully saturated rings. The topological polar surface area (TPSA) is 97.1 Å². The van der Waals surface area contributed by atoms with E-state index in [0.29, 0.717) is 36.5 Å². The lowest BCUT2D eigenvalue weighted by Gasteiger charge is -2.32. The van der Waals surface area contributed by atoms with Crippen LogP contribution in [0.15, 0.2) is 18.2 Å². The Kier molecular flexibility index (Phi) is 10.5. The average molecular weight is 473 g/mol. The number of nitrogens with one attached hydrogen (secondary N) is 1. The molecule has 8 heteroatoms. The molecule has 8 nitrogen and oxygen atoms in total. The van der Waals surface area contributed by atoms with Crippen molar-refractivity contribution in [3.8, 4) is 18.1 Å².